The van der Waals surface area contributed by atoms with E-state index in [9.17, 15) is 10.1 Å². The number of Topliss-reactive ketones (excluding diaryl/α,β-unsaturated/α-hetero) is 1. The molecule has 4 heteroatoms. The smallest absolute Gasteiger partial charge is 0.207 e. The summed E-state index contributed by atoms with van der Waals surface area (Å²) in [5.41, 5.74) is 1.36. The van der Waals surface area contributed by atoms with Crippen molar-refractivity contribution >= 4 is 23.6 Å². The van der Waals surface area contributed by atoms with Gasteiger partial charge in [0, 0.05) is 4.90 Å². The zero-order valence-electron chi connectivity index (χ0n) is 11.2. The van der Waals surface area contributed by atoms with E-state index in [4.69, 9.17) is 4.42 Å². The first kappa shape index (κ1) is 14.2. The van der Waals surface area contributed by atoms with Crippen molar-refractivity contribution in [2.75, 3.05) is 6.26 Å². The van der Waals surface area contributed by atoms with Crippen molar-refractivity contribution < 1.29 is 9.21 Å². The predicted octanol–water partition coefficient (Wildman–Crippen LogP) is 4.10. The molecule has 0 saturated heterocycles. The fraction of sp³-hybridized carbons (Fsp3) is 0.125. The van der Waals surface area contributed by atoms with Crippen LogP contribution in [0.1, 0.15) is 21.7 Å². The molecule has 2 rings (SSSR count). The maximum absolute atomic E-state index is 12.2. The number of allylic oxidation sites excluding steroid dienone is 1. The van der Waals surface area contributed by atoms with Crippen molar-refractivity contribution in [1.29, 1.82) is 5.26 Å². The van der Waals surface area contributed by atoms with Crippen LogP contribution in [0.3, 0.4) is 0 Å². The summed E-state index contributed by atoms with van der Waals surface area (Å²) in [6.45, 7) is 1.70. The first-order chi connectivity index (χ1) is 9.65. The van der Waals surface area contributed by atoms with Gasteiger partial charge in [-0.1, -0.05) is 12.1 Å². The Balaban J connectivity index is 2.32. The van der Waals surface area contributed by atoms with Crippen molar-refractivity contribution in [3.63, 3.8) is 0 Å². The monoisotopic (exact) mass is 283 g/mol. The number of ketones is 1. The molecule has 0 radical (unpaired) electrons. The number of benzene rings is 1. The second-order valence-corrected chi connectivity index (χ2v) is 5.04. The van der Waals surface area contributed by atoms with Crippen LogP contribution >= 0.6 is 11.8 Å². The van der Waals surface area contributed by atoms with Gasteiger partial charge in [0.2, 0.25) is 5.78 Å². The number of hydrogen-bond acceptors (Lipinski definition) is 4. The standard InChI is InChI=1S/C16H13NO2S/c1-11-15(7-8-19-11)16(18)13(10-17)9-12-3-5-14(20-2)6-4-12/h3-9H,1-2H3/b13-9+. The largest absolute Gasteiger partial charge is 0.469 e. The molecular weight excluding hydrogens is 270 g/mol. The summed E-state index contributed by atoms with van der Waals surface area (Å²) in [6, 6.07) is 11.2. The van der Waals surface area contributed by atoms with E-state index in [0.29, 0.717) is 11.3 Å². The van der Waals surface area contributed by atoms with Gasteiger partial charge in [-0.05, 0) is 43.0 Å². The summed E-state index contributed by atoms with van der Waals surface area (Å²) in [6.07, 6.45) is 5.04. The number of carbonyl (C=O) groups is 1. The highest BCUT2D eigenvalue weighted by atomic mass is 32.2. The Morgan fingerprint density at radius 1 is 1.30 bits per heavy atom. The minimum Gasteiger partial charge on any atom is -0.469 e. The Kier molecular flexibility index (Phi) is 4.44. The zero-order valence-corrected chi connectivity index (χ0v) is 12.0. The van der Waals surface area contributed by atoms with Crippen LogP contribution in [0.4, 0.5) is 0 Å². The molecule has 0 N–H and O–H groups in total. The molecule has 1 aromatic carbocycles. The molecule has 100 valence electrons. The molecule has 1 heterocycles. The molecule has 20 heavy (non-hydrogen) atoms. The van der Waals surface area contributed by atoms with E-state index >= 15 is 0 Å². The molecule has 0 spiro atoms. The molecular formula is C16H13NO2S. The molecule has 0 atom stereocenters. The first-order valence-electron chi connectivity index (χ1n) is 6.00. The van der Waals surface area contributed by atoms with Gasteiger partial charge >= 0.3 is 0 Å². The number of hydrogen-bond donors (Lipinski definition) is 0. The lowest BCUT2D eigenvalue weighted by Gasteiger charge is -2.00. The quantitative estimate of drug-likeness (QED) is 0.367. The van der Waals surface area contributed by atoms with Crippen molar-refractivity contribution in [2.45, 2.75) is 11.8 Å². The molecule has 3 nitrogen and oxygen atoms in total. The van der Waals surface area contributed by atoms with Gasteiger partial charge in [0.05, 0.1) is 11.8 Å². The van der Waals surface area contributed by atoms with Gasteiger partial charge in [0.25, 0.3) is 0 Å². The van der Waals surface area contributed by atoms with Crippen molar-refractivity contribution in [1.82, 2.24) is 0 Å². The van der Waals surface area contributed by atoms with Crippen molar-refractivity contribution in [3.05, 3.63) is 59.1 Å². The molecule has 2 aromatic rings. The summed E-state index contributed by atoms with van der Waals surface area (Å²) in [4.78, 5) is 13.4. The minimum atomic E-state index is -0.312. The molecule has 0 aliphatic heterocycles. The number of furan rings is 1. The van der Waals surface area contributed by atoms with Crippen molar-refractivity contribution in [2.24, 2.45) is 0 Å². The molecule has 0 aliphatic rings. The lowest BCUT2D eigenvalue weighted by molar-refractivity contribution is 0.103. The van der Waals surface area contributed by atoms with Crippen LogP contribution in [0.2, 0.25) is 0 Å². The third-order valence-electron chi connectivity index (χ3n) is 2.90. The second kappa shape index (κ2) is 6.27. The van der Waals surface area contributed by atoms with Crippen LogP contribution in [0.5, 0.6) is 0 Å². The fourth-order valence-electron chi connectivity index (χ4n) is 1.78. The number of thioether (sulfide) groups is 1. The van der Waals surface area contributed by atoms with Gasteiger partial charge in [0.1, 0.15) is 17.4 Å². The molecule has 0 amide bonds. The Morgan fingerprint density at radius 3 is 2.50 bits per heavy atom. The maximum atomic E-state index is 12.2. The third kappa shape index (κ3) is 3.01. The topological polar surface area (TPSA) is 54.0 Å². The summed E-state index contributed by atoms with van der Waals surface area (Å²) in [5.74, 6) is 0.210. The first-order valence-corrected chi connectivity index (χ1v) is 7.23. The average molecular weight is 283 g/mol. The van der Waals surface area contributed by atoms with Gasteiger partial charge in [-0.2, -0.15) is 5.26 Å². The van der Waals surface area contributed by atoms with Crippen LogP contribution < -0.4 is 0 Å². The Bertz CT molecular complexity index is 690. The molecule has 1 aromatic heterocycles. The Hall–Kier alpha value is -2.25. The van der Waals surface area contributed by atoms with Gasteiger partial charge in [-0.15, -0.1) is 11.8 Å². The van der Waals surface area contributed by atoms with E-state index in [1.54, 1.807) is 30.8 Å². The average Bonchev–Trinajstić information content (AvgIpc) is 2.91. The second-order valence-electron chi connectivity index (χ2n) is 4.16. The summed E-state index contributed by atoms with van der Waals surface area (Å²) in [5, 5.41) is 9.17. The number of aryl methyl sites for hydroxylation is 1. The maximum Gasteiger partial charge on any atom is 0.207 e. The van der Waals surface area contributed by atoms with Crippen LogP contribution in [0.25, 0.3) is 6.08 Å². The van der Waals surface area contributed by atoms with E-state index in [1.165, 1.54) is 6.26 Å². The van der Waals surface area contributed by atoms with Gasteiger partial charge < -0.3 is 4.42 Å². The van der Waals surface area contributed by atoms with E-state index < -0.39 is 0 Å². The van der Waals surface area contributed by atoms with Crippen LogP contribution in [-0.2, 0) is 0 Å². The summed E-state index contributed by atoms with van der Waals surface area (Å²) >= 11 is 1.64. The highest BCUT2D eigenvalue weighted by Gasteiger charge is 2.16. The number of rotatable bonds is 4. The number of nitrogens with zero attached hydrogens (tertiary/aromatic N) is 1. The van der Waals surface area contributed by atoms with E-state index in [1.807, 2.05) is 36.6 Å². The highest BCUT2D eigenvalue weighted by molar-refractivity contribution is 7.98. The normalized spacial score (nSPS) is 11.2. The van der Waals surface area contributed by atoms with Crippen LogP contribution in [0, 0.1) is 18.3 Å². The minimum absolute atomic E-state index is 0.103. The SMILES string of the molecule is CSc1ccc(/C=C(\C#N)C(=O)c2ccoc2C)cc1. The molecule has 0 saturated carbocycles. The molecule has 0 bridgehead atoms. The third-order valence-corrected chi connectivity index (χ3v) is 3.64. The van der Waals surface area contributed by atoms with Crippen LogP contribution in [-0.4, -0.2) is 12.0 Å². The molecule has 0 unspecified atom stereocenters. The molecule has 0 aliphatic carbocycles. The van der Waals surface area contributed by atoms with Crippen LogP contribution in [0.15, 0.2) is 51.5 Å². The predicted molar refractivity (Wildman–Crippen MR) is 79.6 cm³/mol. The van der Waals surface area contributed by atoms with E-state index in [0.717, 1.165) is 10.5 Å². The Morgan fingerprint density at radius 2 is 2.00 bits per heavy atom. The summed E-state index contributed by atoms with van der Waals surface area (Å²) < 4.78 is 5.10. The lowest BCUT2D eigenvalue weighted by Crippen LogP contribution is -2.02. The zero-order chi connectivity index (χ0) is 14.5. The van der Waals surface area contributed by atoms with Gasteiger partial charge in [-0.3, -0.25) is 4.79 Å². The highest BCUT2D eigenvalue weighted by Crippen LogP contribution is 2.19. The van der Waals surface area contributed by atoms with Crippen molar-refractivity contribution in [3.8, 4) is 6.07 Å². The van der Waals surface area contributed by atoms with E-state index in [-0.39, 0.29) is 11.4 Å². The lowest BCUT2D eigenvalue weighted by atomic mass is 10.0. The van der Waals surface area contributed by atoms with Gasteiger partial charge in [-0.25, -0.2) is 0 Å². The van der Waals surface area contributed by atoms with Gasteiger partial charge in [0.15, 0.2) is 0 Å². The Labute approximate surface area is 121 Å². The number of carbonyl (C=O) groups excluding carboxylic acids is 1. The summed E-state index contributed by atoms with van der Waals surface area (Å²) in [7, 11) is 0. The van der Waals surface area contributed by atoms with E-state index in [2.05, 4.69) is 0 Å². The molecule has 0 fully saturated rings. The fourth-order valence-corrected chi connectivity index (χ4v) is 2.19. The number of nitriles is 1.